The van der Waals surface area contributed by atoms with E-state index in [4.69, 9.17) is 10.00 Å². The van der Waals surface area contributed by atoms with Gasteiger partial charge in [-0.2, -0.15) is 5.26 Å². The Labute approximate surface area is 181 Å². The first-order valence-electron chi connectivity index (χ1n) is 11.7. The second kappa shape index (κ2) is 12.4. The molecule has 1 fully saturated rings. The topological polar surface area (TPSA) is 58.8 Å². The van der Waals surface area contributed by atoms with Gasteiger partial charge in [-0.05, 0) is 67.9 Å². The summed E-state index contributed by atoms with van der Waals surface area (Å²) < 4.78 is 6.14. The quantitative estimate of drug-likeness (QED) is 0.385. The average Bonchev–Trinajstić information content (AvgIpc) is 2.81. The predicted molar refractivity (Wildman–Crippen MR) is 121 cm³/mol. The zero-order chi connectivity index (χ0) is 21.0. The van der Waals surface area contributed by atoms with Crippen LogP contribution in [-0.2, 0) is 4.74 Å². The molecule has 4 heteroatoms. The molecule has 0 aliphatic heterocycles. The normalized spacial score (nSPS) is 18.8. The maximum atomic E-state index is 8.92. The van der Waals surface area contributed by atoms with Gasteiger partial charge in [0.2, 0.25) is 0 Å². The van der Waals surface area contributed by atoms with E-state index in [1.54, 1.807) is 12.1 Å². The van der Waals surface area contributed by atoms with Crippen molar-refractivity contribution >= 4 is 0 Å². The molecule has 0 bridgehead atoms. The van der Waals surface area contributed by atoms with E-state index in [0.717, 1.165) is 43.7 Å². The summed E-state index contributed by atoms with van der Waals surface area (Å²) in [7, 11) is 0. The number of rotatable bonds is 11. The van der Waals surface area contributed by atoms with Gasteiger partial charge in [0.1, 0.15) is 0 Å². The summed E-state index contributed by atoms with van der Waals surface area (Å²) in [4.78, 5) is 9.14. The summed E-state index contributed by atoms with van der Waals surface area (Å²) >= 11 is 0. The number of benzene rings is 1. The van der Waals surface area contributed by atoms with Crippen LogP contribution in [0.3, 0.4) is 0 Å². The third kappa shape index (κ3) is 6.92. The van der Waals surface area contributed by atoms with Crippen LogP contribution in [0.15, 0.2) is 36.7 Å². The van der Waals surface area contributed by atoms with Gasteiger partial charge in [-0.25, -0.2) is 9.97 Å². The van der Waals surface area contributed by atoms with Crippen LogP contribution in [0, 0.1) is 11.3 Å². The van der Waals surface area contributed by atoms with Crippen molar-refractivity contribution in [2.45, 2.75) is 89.6 Å². The fraction of sp³-hybridized carbons (Fsp3) is 0.577. The van der Waals surface area contributed by atoms with Crippen molar-refractivity contribution in [1.29, 1.82) is 5.26 Å². The molecule has 3 rings (SSSR count). The first-order chi connectivity index (χ1) is 14.8. The minimum Gasteiger partial charge on any atom is -0.378 e. The maximum Gasteiger partial charge on any atom is 0.159 e. The smallest absolute Gasteiger partial charge is 0.159 e. The zero-order valence-corrected chi connectivity index (χ0v) is 18.4. The molecule has 30 heavy (non-hydrogen) atoms. The minimum atomic E-state index is 0.431. The number of nitriles is 1. The Balaban J connectivity index is 1.36. The fourth-order valence-corrected chi connectivity index (χ4v) is 4.26. The average molecular weight is 406 g/mol. The molecule has 0 atom stereocenters. The second-order valence-electron chi connectivity index (χ2n) is 8.49. The molecule has 2 aromatic rings. The van der Waals surface area contributed by atoms with Gasteiger partial charge in [-0.1, -0.05) is 45.4 Å². The van der Waals surface area contributed by atoms with Gasteiger partial charge in [-0.3, -0.25) is 0 Å². The Hall–Kier alpha value is -2.25. The number of aromatic nitrogens is 2. The summed E-state index contributed by atoms with van der Waals surface area (Å²) in [5.74, 6) is 1.26. The summed E-state index contributed by atoms with van der Waals surface area (Å²) in [6.45, 7) is 3.19. The Morgan fingerprint density at radius 3 is 2.17 bits per heavy atom. The molecule has 1 heterocycles. The van der Waals surface area contributed by atoms with Crippen molar-refractivity contribution in [3.8, 4) is 17.5 Å². The standard InChI is InChI=1S/C26H35N3O/c1-2-3-4-5-6-7-8-17-30-25-15-13-22(14-16-25)24-19-28-26(29-20-24)23-11-9-21(18-27)10-12-23/h9-12,19-20,22,25H,2-8,13-17H2,1H3/t22-,25-. The largest absolute Gasteiger partial charge is 0.378 e. The molecule has 4 nitrogen and oxygen atoms in total. The Kier molecular flexibility index (Phi) is 9.31. The lowest BCUT2D eigenvalue weighted by Crippen LogP contribution is -2.21. The molecule has 0 spiro atoms. The van der Waals surface area contributed by atoms with Crippen LogP contribution < -0.4 is 0 Å². The molecule has 0 radical (unpaired) electrons. The lowest BCUT2D eigenvalue weighted by molar-refractivity contribution is 0.0225. The van der Waals surface area contributed by atoms with Gasteiger partial charge in [0.05, 0.1) is 17.7 Å². The first-order valence-corrected chi connectivity index (χ1v) is 11.7. The molecule has 0 N–H and O–H groups in total. The number of unbranched alkanes of at least 4 members (excludes halogenated alkanes) is 6. The SMILES string of the molecule is CCCCCCCCCO[C@H]1CC[C@H](c2cnc(-c3ccc(C#N)cc3)nc2)CC1. The zero-order valence-electron chi connectivity index (χ0n) is 18.4. The summed E-state index contributed by atoms with van der Waals surface area (Å²) in [6.07, 6.45) is 18.3. The molecule has 1 saturated carbocycles. The van der Waals surface area contributed by atoms with E-state index in [1.165, 1.54) is 50.5 Å². The molecular weight excluding hydrogens is 370 g/mol. The molecule has 1 aromatic heterocycles. The van der Waals surface area contributed by atoms with E-state index in [0.29, 0.717) is 17.6 Å². The highest BCUT2D eigenvalue weighted by Gasteiger charge is 2.23. The Bertz CT molecular complexity index is 771. The van der Waals surface area contributed by atoms with E-state index in [-0.39, 0.29) is 0 Å². The van der Waals surface area contributed by atoms with Crippen LogP contribution in [0.5, 0.6) is 0 Å². The van der Waals surface area contributed by atoms with Gasteiger partial charge < -0.3 is 4.74 Å². The van der Waals surface area contributed by atoms with Crippen molar-refractivity contribution in [2.24, 2.45) is 0 Å². The van der Waals surface area contributed by atoms with Crippen molar-refractivity contribution in [2.75, 3.05) is 6.61 Å². The molecular formula is C26H35N3O. The van der Waals surface area contributed by atoms with Gasteiger partial charge in [0, 0.05) is 24.6 Å². The fourth-order valence-electron chi connectivity index (χ4n) is 4.26. The lowest BCUT2D eigenvalue weighted by Gasteiger charge is -2.28. The van der Waals surface area contributed by atoms with Gasteiger partial charge in [-0.15, -0.1) is 0 Å². The highest BCUT2D eigenvalue weighted by atomic mass is 16.5. The van der Waals surface area contributed by atoms with Crippen molar-refractivity contribution in [1.82, 2.24) is 9.97 Å². The van der Waals surface area contributed by atoms with Crippen LogP contribution in [-0.4, -0.2) is 22.7 Å². The van der Waals surface area contributed by atoms with Crippen LogP contribution in [0.25, 0.3) is 11.4 Å². The van der Waals surface area contributed by atoms with Crippen LogP contribution in [0.1, 0.15) is 94.6 Å². The molecule has 1 aliphatic carbocycles. The minimum absolute atomic E-state index is 0.431. The first kappa shape index (κ1) is 22.4. The molecule has 0 saturated heterocycles. The van der Waals surface area contributed by atoms with E-state index in [1.807, 2.05) is 24.5 Å². The number of hydrogen-bond donors (Lipinski definition) is 0. The van der Waals surface area contributed by atoms with Crippen LogP contribution in [0.2, 0.25) is 0 Å². The highest BCUT2D eigenvalue weighted by Crippen LogP contribution is 2.34. The van der Waals surface area contributed by atoms with E-state index in [2.05, 4.69) is 23.0 Å². The maximum absolute atomic E-state index is 8.92. The van der Waals surface area contributed by atoms with E-state index >= 15 is 0 Å². The molecule has 0 unspecified atom stereocenters. The summed E-state index contributed by atoms with van der Waals surface area (Å²) in [5.41, 5.74) is 2.84. The molecule has 1 aromatic carbocycles. The van der Waals surface area contributed by atoms with E-state index < -0.39 is 0 Å². The third-order valence-electron chi connectivity index (χ3n) is 6.19. The Morgan fingerprint density at radius 2 is 1.53 bits per heavy atom. The molecule has 1 aliphatic rings. The van der Waals surface area contributed by atoms with Gasteiger partial charge in [0.25, 0.3) is 0 Å². The van der Waals surface area contributed by atoms with Gasteiger partial charge >= 0.3 is 0 Å². The molecule has 160 valence electrons. The number of hydrogen-bond acceptors (Lipinski definition) is 4. The van der Waals surface area contributed by atoms with Crippen molar-refractivity contribution in [3.63, 3.8) is 0 Å². The Morgan fingerprint density at radius 1 is 0.900 bits per heavy atom. The third-order valence-corrected chi connectivity index (χ3v) is 6.19. The lowest BCUT2D eigenvalue weighted by atomic mass is 9.84. The summed E-state index contributed by atoms with van der Waals surface area (Å²) in [5, 5.41) is 8.92. The van der Waals surface area contributed by atoms with E-state index in [9.17, 15) is 0 Å². The summed E-state index contributed by atoms with van der Waals surface area (Å²) in [6, 6.07) is 9.56. The monoisotopic (exact) mass is 405 g/mol. The van der Waals surface area contributed by atoms with Crippen molar-refractivity contribution in [3.05, 3.63) is 47.8 Å². The van der Waals surface area contributed by atoms with Gasteiger partial charge in [0.15, 0.2) is 5.82 Å². The predicted octanol–water partition coefficient (Wildman–Crippen LogP) is 6.81. The second-order valence-corrected chi connectivity index (χ2v) is 8.49. The molecule has 0 amide bonds. The van der Waals surface area contributed by atoms with Crippen LogP contribution >= 0.6 is 0 Å². The highest BCUT2D eigenvalue weighted by molar-refractivity contribution is 5.56. The van der Waals surface area contributed by atoms with Crippen molar-refractivity contribution < 1.29 is 4.74 Å². The number of nitrogens with zero attached hydrogens (tertiary/aromatic N) is 3. The van der Waals surface area contributed by atoms with Crippen LogP contribution in [0.4, 0.5) is 0 Å². The number of ether oxygens (including phenoxy) is 1.